The molecule has 0 fully saturated rings. The van der Waals surface area contributed by atoms with Crippen molar-refractivity contribution in [3.8, 4) is 0 Å². The average molecular weight is 337 g/mol. The van der Waals surface area contributed by atoms with Crippen LogP contribution in [0.2, 0.25) is 0 Å². The Kier molecular flexibility index (Phi) is 4.70. The first kappa shape index (κ1) is 17.1. The summed E-state index contributed by atoms with van der Waals surface area (Å²) in [6, 6.07) is 3.63. The summed E-state index contributed by atoms with van der Waals surface area (Å²) in [6.07, 6.45) is 3.42. The van der Waals surface area contributed by atoms with Crippen molar-refractivity contribution in [2.45, 2.75) is 20.0 Å². The molecule has 1 unspecified atom stereocenters. The Bertz CT molecular complexity index is 799. The van der Waals surface area contributed by atoms with E-state index in [-0.39, 0.29) is 0 Å². The Hall–Kier alpha value is -1.31. The summed E-state index contributed by atoms with van der Waals surface area (Å²) < 4.78 is 25.1. The van der Waals surface area contributed by atoms with Gasteiger partial charge < -0.3 is 9.13 Å². The van der Waals surface area contributed by atoms with Gasteiger partial charge in [0.1, 0.15) is 26.0 Å². The molecule has 7 heteroatoms. The SMILES string of the molecule is Cc1cc(P(C)(=O)Cc2cc(C)c(P(C)(C)=O)cn2)ncn1. The van der Waals surface area contributed by atoms with Gasteiger partial charge in [0.15, 0.2) is 0 Å². The third kappa shape index (κ3) is 3.91. The van der Waals surface area contributed by atoms with E-state index in [1.807, 2.05) is 19.9 Å². The van der Waals surface area contributed by atoms with E-state index in [4.69, 9.17) is 0 Å². The van der Waals surface area contributed by atoms with E-state index in [0.29, 0.717) is 11.6 Å². The molecule has 1 atom stereocenters. The zero-order valence-corrected chi connectivity index (χ0v) is 15.4. The van der Waals surface area contributed by atoms with Crippen LogP contribution in [0, 0.1) is 13.8 Å². The predicted octanol–water partition coefficient (Wildman–Crippen LogP) is 2.55. The Labute approximate surface area is 131 Å². The smallest absolute Gasteiger partial charge is 0.136 e. The molecule has 0 saturated carbocycles. The van der Waals surface area contributed by atoms with Gasteiger partial charge in [-0.25, -0.2) is 9.97 Å². The zero-order chi connectivity index (χ0) is 16.5. The molecular weight excluding hydrogens is 316 g/mol. The fraction of sp³-hybridized carbons (Fsp3) is 0.400. The van der Waals surface area contributed by atoms with Crippen molar-refractivity contribution < 1.29 is 9.13 Å². The van der Waals surface area contributed by atoms with Gasteiger partial charge in [-0.1, -0.05) is 0 Å². The molecule has 2 heterocycles. The van der Waals surface area contributed by atoms with Crippen molar-refractivity contribution in [1.29, 1.82) is 0 Å². The van der Waals surface area contributed by atoms with Crippen LogP contribution in [-0.2, 0) is 15.3 Å². The lowest BCUT2D eigenvalue weighted by Crippen LogP contribution is -2.14. The van der Waals surface area contributed by atoms with Crippen LogP contribution in [0.15, 0.2) is 24.7 Å². The minimum absolute atomic E-state index is 0.336. The summed E-state index contributed by atoms with van der Waals surface area (Å²) in [6.45, 7) is 8.93. The minimum atomic E-state index is -2.65. The molecule has 0 amide bonds. The summed E-state index contributed by atoms with van der Waals surface area (Å²) >= 11 is 0. The van der Waals surface area contributed by atoms with E-state index in [2.05, 4.69) is 15.0 Å². The molecule has 0 aliphatic heterocycles. The van der Waals surface area contributed by atoms with Gasteiger partial charge >= 0.3 is 0 Å². The lowest BCUT2D eigenvalue weighted by Gasteiger charge is -2.15. The van der Waals surface area contributed by atoms with Gasteiger partial charge in [-0.15, -0.1) is 0 Å². The maximum absolute atomic E-state index is 12.9. The molecule has 0 aliphatic rings. The second-order valence-corrected chi connectivity index (χ2v) is 12.2. The molecule has 2 aromatic rings. The molecule has 0 aliphatic carbocycles. The molecule has 118 valence electrons. The van der Waals surface area contributed by atoms with E-state index in [9.17, 15) is 9.13 Å². The van der Waals surface area contributed by atoms with Gasteiger partial charge in [-0.2, -0.15) is 0 Å². The van der Waals surface area contributed by atoms with Gasteiger partial charge in [0.2, 0.25) is 0 Å². The van der Waals surface area contributed by atoms with Crippen molar-refractivity contribution in [2.24, 2.45) is 0 Å². The van der Waals surface area contributed by atoms with Crippen molar-refractivity contribution in [1.82, 2.24) is 15.0 Å². The molecule has 0 spiro atoms. The molecular formula is C15H21N3O2P2. The first-order valence-corrected chi connectivity index (χ1v) is 11.9. The first-order valence-electron chi connectivity index (χ1n) is 6.96. The van der Waals surface area contributed by atoms with E-state index in [1.165, 1.54) is 6.33 Å². The van der Waals surface area contributed by atoms with Crippen molar-refractivity contribution in [3.05, 3.63) is 41.6 Å². The highest BCUT2D eigenvalue weighted by Crippen LogP contribution is 2.43. The molecule has 5 nitrogen and oxygen atoms in total. The lowest BCUT2D eigenvalue weighted by molar-refractivity contribution is 0.583. The number of aromatic nitrogens is 3. The first-order chi connectivity index (χ1) is 10.1. The van der Waals surface area contributed by atoms with Crippen LogP contribution in [0.5, 0.6) is 0 Å². The normalized spacial score (nSPS) is 14.6. The number of hydrogen-bond donors (Lipinski definition) is 0. The van der Waals surface area contributed by atoms with Gasteiger partial charge in [-0.05, 0) is 51.5 Å². The van der Waals surface area contributed by atoms with E-state index in [0.717, 1.165) is 22.3 Å². The van der Waals surface area contributed by atoms with Crippen LogP contribution in [0.25, 0.3) is 0 Å². The summed E-state index contributed by atoms with van der Waals surface area (Å²) in [4.78, 5) is 12.5. The number of rotatable bonds is 4. The van der Waals surface area contributed by atoms with E-state index in [1.54, 1.807) is 32.3 Å². The third-order valence-corrected chi connectivity index (χ3v) is 7.23. The predicted molar refractivity (Wildman–Crippen MR) is 91.7 cm³/mol. The fourth-order valence-electron chi connectivity index (χ4n) is 2.35. The Morgan fingerprint density at radius 3 is 2.23 bits per heavy atom. The molecule has 22 heavy (non-hydrogen) atoms. The molecule has 2 rings (SSSR count). The van der Waals surface area contributed by atoms with Gasteiger partial charge in [-0.3, -0.25) is 4.98 Å². The van der Waals surface area contributed by atoms with Crippen molar-refractivity contribution in [2.75, 3.05) is 20.0 Å². The Morgan fingerprint density at radius 2 is 1.68 bits per heavy atom. The van der Waals surface area contributed by atoms with Crippen LogP contribution < -0.4 is 10.7 Å². The second kappa shape index (κ2) is 6.06. The summed E-state index contributed by atoms with van der Waals surface area (Å²) in [5.41, 5.74) is 3.03. The maximum atomic E-state index is 12.9. The fourth-order valence-corrected chi connectivity index (χ4v) is 5.31. The van der Waals surface area contributed by atoms with Crippen LogP contribution in [0.3, 0.4) is 0 Å². The minimum Gasteiger partial charge on any atom is -0.319 e. The molecule has 0 bridgehead atoms. The largest absolute Gasteiger partial charge is 0.319 e. The summed E-state index contributed by atoms with van der Waals surface area (Å²) in [5, 5.41) is 0.778. The van der Waals surface area contributed by atoms with Gasteiger partial charge in [0, 0.05) is 29.1 Å². The topological polar surface area (TPSA) is 72.8 Å². The Morgan fingerprint density at radius 1 is 1.00 bits per heavy atom. The number of pyridine rings is 1. The standard InChI is InChI=1S/C15H21N3O2P2/c1-11-6-13(16-8-14(11)21(3,4)19)9-22(5,20)15-7-12(2)17-10-18-15/h6-8,10H,9H2,1-5H3. The van der Waals surface area contributed by atoms with Crippen LogP contribution in [-0.4, -0.2) is 34.9 Å². The highest BCUT2D eigenvalue weighted by molar-refractivity contribution is 7.70. The zero-order valence-electron chi connectivity index (χ0n) is 13.6. The van der Waals surface area contributed by atoms with Crippen LogP contribution >= 0.6 is 14.3 Å². The monoisotopic (exact) mass is 337 g/mol. The third-order valence-electron chi connectivity index (χ3n) is 3.46. The van der Waals surface area contributed by atoms with E-state index >= 15 is 0 Å². The van der Waals surface area contributed by atoms with Gasteiger partial charge in [0.05, 0.1) is 0 Å². The van der Waals surface area contributed by atoms with Crippen LogP contribution in [0.1, 0.15) is 17.0 Å². The molecule has 0 N–H and O–H groups in total. The molecule has 0 radical (unpaired) electrons. The molecule has 2 aromatic heterocycles. The highest BCUT2D eigenvalue weighted by Gasteiger charge is 2.23. The number of hydrogen-bond acceptors (Lipinski definition) is 5. The quantitative estimate of drug-likeness (QED) is 0.802. The highest BCUT2D eigenvalue weighted by atomic mass is 31.2. The second-order valence-electron chi connectivity index (χ2n) is 6.09. The lowest BCUT2D eigenvalue weighted by atomic mass is 10.2. The number of aryl methyl sites for hydroxylation is 2. The molecule has 0 saturated heterocycles. The number of nitrogens with zero attached hydrogens (tertiary/aromatic N) is 3. The van der Waals surface area contributed by atoms with Crippen LogP contribution in [0.4, 0.5) is 0 Å². The summed E-state index contributed by atoms with van der Waals surface area (Å²) in [7, 11) is -5.00. The maximum Gasteiger partial charge on any atom is 0.136 e. The Balaban J connectivity index is 2.33. The average Bonchev–Trinajstić information content (AvgIpc) is 2.36. The van der Waals surface area contributed by atoms with Gasteiger partial charge in [0.25, 0.3) is 0 Å². The van der Waals surface area contributed by atoms with Crippen molar-refractivity contribution in [3.63, 3.8) is 0 Å². The van der Waals surface area contributed by atoms with E-state index < -0.39 is 14.3 Å². The van der Waals surface area contributed by atoms with Crippen molar-refractivity contribution >= 4 is 25.0 Å². The summed E-state index contributed by atoms with van der Waals surface area (Å²) in [5.74, 6) is 0. The molecule has 0 aromatic carbocycles.